The molecule has 1 aliphatic heterocycles. The van der Waals surface area contributed by atoms with Crippen molar-refractivity contribution in [2.75, 3.05) is 11.9 Å². The van der Waals surface area contributed by atoms with Crippen LogP contribution in [0.1, 0.15) is 33.2 Å². The van der Waals surface area contributed by atoms with Gasteiger partial charge in [-0.05, 0) is 78.2 Å². The quantitative estimate of drug-likeness (QED) is 0.212. The molecule has 1 aliphatic rings. The SMILES string of the molecule is C[C@@H]1C(=O)N(C)c2cc(-c3ccncc3)ccc2C(=O)N1Cc1cccc(OC(=O)c2ccc(Cl)c(Cl)c2)c1. The number of carbonyl (C=O) groups excluding carboxylic acids is 3. The van der Waals surface area contributed by atoms with Crippen LogP contribution in [0.3, 0.4) is 0 Å². The van der Waals surface area contributed by atoms with Crippen molar-refractivity contribution in [2.45, 2.75) is 19.5 Å². The number of anilines is 1. The molecule has 0 aliphatic carbocycles. The molecule has 2 amide bonds. The summed E-state index contributed by atoms with van der Waals surface area (Å²) in [5, 5.41) is 0.582. The molecule has 0 bridgehead atoms. The molecule has 196 valence electrons. The summed E-state index contributed by atoms with van der Waals surface area (Å²) in [5.74, 6) is -0.782. The number of nitrogens with zero attached hydrogens (tertiary/aromatic N) is 3. The van der Waals surface area contributed by atoms with E-state index in [-0.39, 0.29) is 28.9 Å². The lowest BCUT2D eigenvalue weighted by Crippen LogP contribution is -2.45. The van der Waals surface area contributed by atoms with E-state index in [0.29, 0.717) is 27.6 Å². The Bertz CT molecular complexity index is 1590. The predicted molar refractivity (Wildman–Crippen MR) is 150 cm³/mol. The van der Waals surface area contributed by atoms with Crippen LogP contribution >= 0.6 is 23.2 Å². The van der Waals surface area contributed by atoms with Gasteiger partial charge < -0.3 is 14.5 Å². The molecule has 2 heterocycles. The van der Waals surface area contributed by atoms with Gasteiger partial charge in [-0.3, -0.25) is 14.6 Å². The van der Waals surface area contributed by atoms with E-state index in [1.165, 1.54) is 28.0 Å². The maximum absolute atomic E-state index is 13.7. The van der Waals surface area contributed by atoms with Crippen LogP contribution in [0.5, 0.6) is 5.75 Å². The van der Waals surface area contributed by atoms with Crippen molar-refractivity contribution < 1.29 is 19.1 Å². The molecule has 39 heavy (non-hydrogen) atoms. The van der Waals surface area contributed by atoms with E-state index in [0.717, 1.165) is 11.1 Å². The highest BCUT2D eigenvalue weighted by Crippen LogP contribution is 2.33. The van der Waals surface area contributed by atoms with Gasteiger partial charge in [-0.2, -0.15) is 0 Å². The van der Waals surface area contributed by atoms with E-state index in [1.807, 2.05) is 30.3 Å². The van der Waals surface area contributed by atoms with Gasteiger partial charge in [0, 0.05) is 26.0 Å². The number of hydrogen-bond acceptors (Lipinski definition) is 5. The third-order valence-electron chi connectivity index (χ3n) is 6.64. The average molecular weight is 560 g/mol. The van der Waals surface area contributed by atoms with E-state index in [4.69, 9.17) is 27.9 Å². The second kappa shape index (κ2) is 10.9. The number of carbonyl (C=O) groups is 3. The minimum atomic E-state index is -0.721. The van der Waals surface area contributed by atoms with Gasteiger partial charge in [0.15, 0.2) is 0 Å². The van der Waals surface area contributed by atoms with Crippen molar-refractivity contribution >= 4 is 46.7 Å². The van der Waals surface area contributed by atoms with Crippen molar-refractivity contribution in [1.82, 2.24) is 9.88 Å². The van der Waals surface area contributed by atoms with E-state index < -0.39 is 12.0 Å². The number of fused-ring (bicyclic) bond motifs is 1. The molecule has 0 saturated heterocycles. The van der Waals surface area contributed by atoms with Crippen LogP contribution in [-0.4, -0.2) is 40.8 Å². The molecular formula is C30H23Cl2N3O4. The molecule has 1 atom stereocenters. The fourth-order valence-electron chi connectivity index (χ4n) is 4.48. The first-order valence-electron chi connectivity index (χ1n) is 12.1. The third kappa shape index (κ3) is 5.37. The normalized spacial score (nSPS) is 15.1. The first kappa shape index (κ1) is 26.4. The zero-order chi connectivity index (χ0) is 27.7. The highest BCUT2D eigenvalue weighted by atomic mass is 35.5. The van der Waals surface area contributed by atoms with Crippen molar-refractivity contribution in [1.29, 1.82) is 0 Å². The Kier molecular flexibility index (Phi) is 7.37. The smallest absolute Gasteiger partial charge is 0.343 e. The number of halogens is 2. The number of benzene rings is 3. The van der Waals surface area contributed by atoms with Crippen LogP contribution in [0.2, 0.25) is 10.0 Å². The van der Waals surface area contributed by atoms with E-state index in [9.17, 15) is 14.4 Å². The Morgan fingerprint density at radius 3 is 2.44 bits per heavy atom. The van der Waals surface area contributed by atoms with Gasteiger partial charge in [-0.15, -0.1) is 0 Å². The van der Waals surface area contributed by atoms with Crippen LogP contribution in [0.15, 0.2) is 85.2 Å². The van der Waals surface area contributed by atoms with Crippen LogP contribution in [-0.2, 0) is 11.3 Å². The molecule has 3 aromatic carbocycles. The predicted octanol–water partition coefficient (Wildman–Crippen LogP) is 6.28. The molecule has 0 saturated carbocycles. The lowest BCUT2D eigenvalue weighted by Gasteiger charge is -2.27. The average Bonchev–Trinajstić information content (AvgIpc) is 3.01. The number of likely N-dealkylation sites (N-methyl/N-ethyl adjacent to an activating group) is 1. The van der Waals surface area contributed by atoms with Gasteiger partial charge in [0.25, 0.3) is 5.91 Å². The Morgan fingerprint density at radius 2 is 1.69 bits per heavy atom. The van der Waals surface area contributed by atoms with Crippen molar-refractivity contribution in [3.8, 4) is 16.9 Å². The molecule has 0 radical (unpaired) electrons. The first-order valence-corrected chi connectivity index (χ1v) is 12.9. The molecule has 5 rings (SSSR count). The Labute approximate surface area is 235 Å². The number of hydrogen-bond donors (Lipinski definition) is 0. The molecular weight excluding hydrogens is 537 g/mol. The van der Waals surface area contributed by atoms with Gasteiger partial charge in [0.05, 0.1) is 26.9 Å². The number of amides is 2. The minimum absolute atomic E-state index is 0.142. The fraction of sp³-hybridized carbons (Fsp3) is 0.133. The summed E-state index contributed by atoms with van der Waals surface area (Å²) in [6.07, 6.45) is 3.39. The number of aromatic nitrogens is 1. The summed E-state index contributed by atoms with van der Waals surface area (Å²) >= 11 is 12.0. The molecule has 0 fully saturated rings. The van der Waals surface area contributed by atoms with Crippen LogP contribution in [0, 0.1) is 0 Å². The number of pyridine rings is 1. The van der Waals surface area contributed by atoms with Gasteiger partial charge in [0.1, 0.15) is 11.8 Å². The van der Waals surface area contributed by atoms with Crippen molar-refractivity contribution in [3.63, 3.8) is 0 Å². The zero-order valence-corrected chi connectivity index (χ0v) is 22.6. The monoisotopic (exact) mass is 559 g/mol. The van der Waals surface area contributed by atoms with E-state index in [2.05, 4.69) is 4.98 Å². The summed E-state index contributed by atoms with van der Waals surface area (Å²) < 4.78 is 5.53. The second-order valence-corrected chi connectivity index (χ2v) is 9.95. The first-order chi connectivity index (χ1) is 18.7. The summed E-state index contributed by atoms with van der Waals surface area (Å²) in [5.41, 5.74) is 3.72. The van der Waals surface area contributed by atoms with Crippen LogP contribution in [0.4, 0.5) is 5.69 Å². The Balaban J connectivity index is 1.41. The van der Waals surface area contributed by atoms with Gasteiger partial charge in [-0.1, -0.05) is 41.4 Å². The van der Waals surface area contributed by atoms with Crippen LogP contribution in [0.25, 0.3) is 11.1 Å². The fourth-order valence-corrected chi connectivity index (χ4v) is 4.78. The Morgan fingerprint density at radius 1 is 0.923 bits per heavy atom. The molecule has 0 unspecified atom stereocenters. The summed E-state index contributed by atoms with van der Waals surface area (Å²) in [7, 11) is 1.67. The molecule has 9 heteroatoms. The number of rotatable bonds is 5. The van der Waals surface area contributed by atoms with E-state index >= 15 is 0 Å². The minimum Gasteiger partial charge on any atom is -0.423 e. The molecule has 1 aromatic heterocycles. The highest BCUT2D eigenvalue weighted by Gasteiger charge is 2.35. The molecule has 0 spiro atoms. The zero-order valence-electron chi connectivity index (χ0n) is 21.1. The highest BCUT2D eigenvalue weighted by molar-refractivity contribution is 6.42. The molecule has 0 N–H and O–H groups in total. The topological polar surface area (TPSA) is 79.8 Å². The van der Waals surface area contributed by atoms with Gasteiger partial charge in [-0.25, -0.2) is 4.79 Å². The van der Waals surface area contributed by atoms with E-state index in [1.54, 1.807) is 50.6 Å². The van der Waals surface area contributed by atoms with Gasteiger partial charge in [0.2, 0.25) is 5.91 Å². The number of esters is 1. The third-order valence-corrected chi connectivity index (χ3v) is 7.38. The Hall–Kier alpha value is -4.20. The maximum Gasteiger partial charge on any atom is 0.343 e. The molecule has 4 aromatic rings. The largest absolute Gasteiger partial charge is 0.423 e. The maximum atomic E-state index is 13.7. The van der Waals surface area contributed by atoms with Crippen LogP contribution < -0.4 is 9.64 Å². The number of ether oxygens (including phenoxy) is 1. The molecule has 7 nitrogen and oxygen atoms in total. The lowest BCUT2D eigenvalue weighted by atomic mass is 10.0. The van der Waals surface area contributed by atoms with Crippen molar-refractivity contribution in [3.05, 3.63) is 112 Å². The van der Waals surface area contributed by atoms with Crippen molar-refractivity contribution in [2.24, 2.45) is 0 Å². The van der Waals surface area contributed by atoms with Gasteiger partial charge >= 0.3 is 5.97 Å². The summed E-state index contributed by atoms with van der Waals surface area (Å²) in [6.45, 7) is 1.85. The second-order valence-electron chi connectivity index (χ2n) is 9.14. The lowest BCUT2D eigenvalue weighted by molar-refractivity contribution is -0.122. The summed E-state index contributed by atoms with van der Waals surface area (Å²) in [6, 6.07) is 19.8. The summed E-state index contributed by atoms with van der Waals surface area (Å²) in [4.78, 5) is 46.8. The standard InChI is InChI=1S/C30H23Cl2N3O4/c1-18-28(36)34(2)27-16-21(20-10-12-33-13-11-20)6-8-24(27)29(37)35(18)17-19-4-3-5-23(14-19)39-30(38)22-7-9-25(31)26(32)15-22/h3-16,18H,17H2,1-2H3/t18-/m1/s1.